The van der Waals surface area contributed by atoms with Gasteiger partial charge in [0.15, 0.2) is 6.04 Å². The Morgan fingerprint density at radius 2 is 1.90 bits per heavy atom. The number of nitrogens with zero attached hydrogens (tertiary/aromatic N) is 1. The molecule has 1 aromatic rings. The molecule has 1 aliphatic heterocycles. The number of rotatable bonds is 7. The minimum atomic E-state index is -2.94. The fourth-order valence-electron chi connectivity index (χ4n) is 2.74. The van der Waals surface area contributed by atoms with E-state index in [-0.39, 0.29) is 37.2 Å². The van der Waals surface area contributed by atoms with E-state index in [2.05, 4.69) is 16.0 Å². The van der Waals surface area contributed by atoms with Crippen LogP contribution in [0.3, 0.4) is 0 Å². The van der Waals surface area contributed by atoms with Crippen molar-refractivity contribution in [3.8, 4) is 0 Å². The Kier molecular flexibility index (Phi) is 7.64. The van der Waals surface area contributed by atoms with Crippen molar-refractivity contribution in [2.24, 2.45) is 5.73 Å². The van der Waals surface area contributed by atoms with Crippen LogP contribution in [0.2, 0.25) is 0 Å². The first kappa shape index (κ1) is 23.0. The zero-order chi connectivity index (χ0) is 22.4. The number of halogens is 2. The van der Waals surface area contributed by atoms with E-state index in [1.807, 2.05) is 0 Å². The molecule has 0 unspecified atom stereocenters. The molecule has 1 aliphatic rings. The normalized spacial score (nSPS) is 15.1. The molecule has 1 aromatic carbocycles. The number of nitrogens with two attached hydrogens (primary N) is 1. The Morgan fingerprint density at radius 3 is 2.47 bits per heavy atom. The topological polar surface area (TPSA) is 143 Å². The van der Waals surface area contributed by atoms with Crippen LogP contribution in [-0.2, 0) is 19.1 Å². The molecule has 0 aliphatic carbocycles. The van der Waals surface area contributed by atoms with Crippen molar-refractivity contribution in [2.45, 2.75) is 32.4 Å². The summed E-state index contributed by atoms with van der Waals surface area (Å²) in [5.74, 6) is -2.60. The molecule has 0 spiro atoms. The van der Waals surface area contributed by atoms with Gasteiger partial charge >= 0.3 is 6.03 Å². The molecular weight excluding hydrogens is 404 g/mol. The summed E-state index contributed by atoms with van der Waals surface area (Å²) in [6.45, 7) is 3.45. The van der Waals surface area contributed by atoms with E-state index in [1.54, 1.807) is 13.8 Å². The Labute approximate surface area is 171 Å². The minimum Gasteiger partial charge on any atom is -0.370 e. The predicted molar refractivity (Wildman–Crippen MR) is 103 cm³/mol. The highest BCUT2D eigenvalue weighted by molar-refractivity contribution is 6.11. The molecule has 1 fully saturated rings. The average molecular weight is 427 g/mol. The van der Waals surface area contributed by atoms with Gasteiger partial charge in [0.25, 0.3) is 18.2 Å². The highest BCUT2D eigenvalue weighted by Gasteiger charge is 2.29. The molecule has 1 atom stereocenters. The quantitative estimate of drug-likeness (QED) is 0.468. The second kappa shape index (κ2) is 9.96. The van der Waals surface area contributed by atoms with E-state index in [1.165, 1.54) is 17.0 Å². The lowest BCUT2D eigenvalue weighted by Gasteiger charge is -2.29. The zero-order valence-electron chi connectivity index (χ0n) is 16.4. The van der Waals surface area contributed by atoms with Crippen molar-refractivity contribution in [1.29, 1.82) is 0 Å². The van der Waals surface area contributed by atoms with E-state index in [0.717, 1.165) is 6.07 Å². The number of alkyl halides is 2. The highest BCUT2D eigenvalue weighted by atomic mass is 19.3. The number of morpholine rings is 1. The zero-order valence-corrected chi connectivity index (χ0v) is 16.4. The smallest absolute Gasteiger partial charge is 0.316 e. The van der Waals surface area contributed by atoms with Crippen molar-refractivity contribution in [3.63, 3.8) is 0 Å². The van der Waals surface area contributed by atoms with E-state index >= 15 is 0 Å². The average Bonchev–Trinajstić information content (AvgIpc) is 2.65. The number of urea groups is 1. The molecule has 164 valence electrons. The lowest BCUT2D eigenvalue weighted by atomic mass is 10.1. The predicted octanol–water partition coefficient (Wildman–Crippen LogP) is 0.487. The maximum Gasteiger partial charge on any atom is 0.316 e. The molecule has 30 heavy (non-hydrogen) atoms. The van der Waals surface area contributed by atoms with E-state index in [9.17, 15) is 28.0 Å². The Bertz CT molecular complexity index is 833. The van der Waals surface area contributed by atoms with Crippen molar-refractivity contribution in [1.82, 2.24) is 10.6 Å². The number of primary amides is 1. The molecular formula is C18H23F2N5O5. The first-order valence-electron chi connectivity index (χ1n) is 9.07. The van der Waals surface area contributed by atoms with Crippen LogP contribution in [0.15, 0.2) is 18.2 Å². The summed E-state index contributed by atoms with van der Waals surface area (Å²) < 4.78 is 32.2. The lowest BCUT2D eigenvalue weighted by molar-refractivity contribution is -0.128. The van der Waals surface area contributed by atoms with Gasteiger partial charge in [0.2, 0.25) is 5.91 Å². The van der Waals surface area contributed by atoms with Crippen molar-refractivity contribution >= 4 is 35.1 Å². The maximum absolute atomic E-state index is 13.6. The summed E-state index contributed by atoms with van der Waals surface area (Å²) in [4.78, 5) is 48.8. The van der Waals surface area contributed by atoms with Crippen LogP contribution in [0.1, 0.15) is 25.8 Å². The maximum atomic E-state index is 13.6. The number of anilines is 2. The number of benzene rings is 1. The summed E-state index contributed by atoms with van der Waals surface area (Å²) in [6.07, 6.45) is -2.94. The number of nitrogens with one attached hydrogen (secondary N) is 3. The van der Waals surface area contributed by atoms with E-state index < -0.39 is 41.8 Å². The van der Waals surface area contributed by atoms with Gasteiger partial charge in [-0.2, -0.15) is 0 Å². The summed E-state index contributed by atoms with van der Waals surface area (Å²) in [6, 6.07) is 0.780. The Balaban J connectivity index is 2.21. The fourth-order valence-corrected chi connectivity index (χ4v) is 2.74. The summed E-state index contributed by atoms with van der Waals surface area (Å²) in [5.41, 5.74) is 4.62. The van der Waals surface area contributed by atoms with Crippen molar-refractivity contribution in [2.75, 3.05) is 30.0 Å². The number of ether oxygens (including phenoxy) is 1. The molecule has 0 aromatic heterocycles. The molecule has 1 heterocycles. The van der Waals surface area contributed by atoms with Gasteiger partial charge in [0.1, 0.15) is 6.61 Å². The molecule has 5 N–H and O–H groups in total. The monoisotopic (exact) mass is 427 g/mol. The number of carbonyl (C=O) groups is 4. The number of carbonyl (C=O) groups excluding carboxylic acids is 4. The molecule has 1 saturated heterocycles. The fraction of sp³-hybridized carbons (Fsp3) is 0.444. The van der Waals surface area contributed by atoms with Gasteiger partial charge in [-0.15, -0.1) is 0 Å². The van der Waals surface area contributed by atoms with Crippen LogP contribution in [0, 0.1) is 0 Å². The Morgan fingerprint density at radius 1 is 1.20 bits per heavy atom. The summed E-state index contributed by atoms with van der Waals surface area (Å²) in [7, 11) is 0. The molecule has 2 rings (SSSR count). The van der Waals surface area contributed by atoms with Crippen LogP contribution < -0.4 is 26.6 Å². The molecule has 0 saturated carbocycles. The molecule has 10 nitrogen and oxygen atoms in total. The number of hydrogen-bond donors (Lipinski definition) is 4. The number of amides is 5. The minimum absolute atomic E-state index is 0.00261. The van der Waals surface area contributed by atoms with E-state index in [0.29, 0.717) is 0 Å². The summed E-state index contributed by atoms with van der Waals surface area (Å²) >= 11 is 0. The number of hydrogen-bond acceptors (Lipinski definition) is 5. The van der Waals surface area contributed by atoms with Crippen LogP contribution in [0.4, 0.5) is 25.0 Å². The largest absolute Gasteiger partial charge is 0.370 e. The van der Waals surface area contributed by atoms with Gasteiger partial charge in [-0.1, -0.05) is 0 Å². The van der Waals surface area contributed by atoms with Crippen LogP contribution in [0.5, 0.6) is 0 Å². The SMILES string of the molecule is CC(C)NC(=O)N[C@H](C(N)=O)C(=O)Nc1ccc(N2CCOCC2=O)c(C(F)F)c1. The van der Waals surface area contributed by atoms with Crippen molar-refractivity contribution in [3.05, 3.63) is 23.8 Å². The third-order valence-electron chi connectivity index (χ3n) is 4.05. The molecule has 0 bridgehead atoms. The van der Waals surface area contributed by atoms with Crippen LogP contribution in [0.25, 0.3) is 0 Å². The third kappa shape index (κ3) is 5.86. The van der Waals surface area contributed by atoms with E-state index in [4.69, 9.17) is 10.5 Å². The van der Waals surface area contributed by atoms with Gasteiger partial charge in [-0.05, 0) is 32.0 Å². The van der Waals surface area contributed by atoms with Gasteiger partial charge in [0, 0.05) is 23.8 Å². The van der Waals surface area contributed by atoms with Crippen LogP contribution >= 0.6 is 0 Å². The van der Waals surface area contributed by atoms with Gasteiger partial charge in [-0.3, -0.25) is 14.4 Å². The van der Waals surface area contributed by atoms with Gasteiger partial charge < -0.3 is 31.3 Å². The lowest BCUT2D eigenvalue weighted by Crippen LogP contribution is -2.55. The second-order valence-corrected chi connectivity index (χ2v) is 6.77. The third-order valence-corrected chi connectivity index (χ3v) is 4.05. The van der Waals surface area contributed by atoms with Crippen molar-refractivity contribution < 1.29 is 32.7 Å². The first-order chi connectivity index (χ1) is 14.1. The molecule has 0 radical (unpaired) electrons. The van der Waals surface area contributed by atoms with Gasteiger partial charge in [-0.25, -0.2) is 13.6 Å². The molecule has 12 heteroatoms. The highest BCUT2D eigenvalue weighted by Crippen LogP contribution is 2.33. The summed E-state index contributed by atoms with van der Waals surface area (Å²) in [5, 5.41) is 6.83. The van der Waals surface area contributed by atoms with Crippen LogP contribution in [-0.4, -0.2) is 55.6 Å². The first-order valence-corrected chi connectivity index (χ1v) is 9.07. The second-order valence-electron chi connectivity index (χ2n) is 6.77. The van der Waals surface area contributed by atoms with Gasteiger partial charge in [0.05, 0.1) is 12.3 Å². The Hall–Kier alpha value is -3.28. The standard InChI is InChI=1S/C18H23F2N5O5/c1-9(2)22-18(29)24-14(16(21)27)17(28)23-10-3-4-12(11(7-10)15(19)20)25-5-6-30-8-13(25)26/h3-4,7,9,14-15H,5-6,8H2,1-2H3,(H2,21,27)(H,23,28)(H2,22,24,29)/t14-/m1/s1. The molecule has 5 amide bonds.